The van der Waals surface area contributed by atoms with Crippen LogP contribution in [0.5, 0.6) is 5.75 Å². The maximum atomic E-state index is 12.4. The molecule has 0 atom stereocenters. The lowest BCUT2D eigenvalue weighted by Crippen LogP contribution is -2.17. The molecule has 0 radical (unpaired) electrons. The van der Waals surface area contributed by atoms with E-state index in [1.54, 1.807) is 13.8 Å². The molecule has 0 saturated heterocycles. The zero-order valence-corrected chi connectivity index (χ0v) is 17.7. The monoisotopic (exact) mass is 417 g/mol. The van der Waals surface area contributed by atoms with Crippen LogP contribution in [0.2, 0.25) is 0 Å². The number of esters is 2. The van der Waals surface area contributed by atoms with Crippen LogP contribution < -0.4 is 10.1 Å². The molecule has 1 aromatic heterocycles. The molecule has 1 heterocycles. The second kappa shape index (κ2) is 11.0. The Morgan fingerprint density at radius 3 is 2.13 bits per heavy atom. The largest absolute Gasteiger partial charge is 0.494 e. The average Bonchev–Trinajstić information content (AvgIpc) is 3.02. The summed E-state index contributed by atoms with van der Waals surface area (Å²) in [5.41, 5.74) is 0.945. The molecule has 0 saturated carbocycles. The highest BCUT2D eigenvalue weighted by molar-refractivity contribution is 6.09. The van der Waals surface area contributed by atoms with Crippen molar-refractivity contribution in [3.8, 4) is 5.75 Å². The van der Waals surface area contributed by atoms with Crippen molar-refractivity contribution in [2.75, 3.05) is 25.1 Å². The van der Waals surface area contributed by atoms with E-state index in [0.29, 0.717) is 13.0 Å². The minimum absolute atomic E-state index is 0.0479. The van der Waals surface area contributed by atoms with Gasteiger partial charge in [-0.3, -0.25) is 10.1 Å². The van der Waals surface area contributed by atoms with Crippen molar-refractivity contribution < 1.29 is 33.0 Å². The Kier molecular flexibility index (Phi) is 8.46. The topological polar surface area (TPSA) is 104 Å². The van der Waals surface area contributed by atoms with Gasteiger partial charge < -0.3 is 18.6 Å². The number of benzene rings is 1. The minimum Gasteiger partial charge on any atom is -0.494 e. The third-order valence-corrected chi connectivity index (χ3v) is 4.13. The highest BCUT2D eigenvalue weighted by Gasteiger charge is 2.31. The van der Waals surface area contributed by atoms with Crippen LogP contribution in [-0.4, -0.2) is 37.7 Å². The number of carbonyl (C=O) groups excluding carboxylic acids is 3. The third-order valence-electron chi connectivity index (χ3n) is 4.13. The van der Waals surface area contributed by atoms with Crippen LogP contribution in [0.25, 0.3) is 0 Å². The summed E-state index contributed by atoms with van der Waals surface area (Å²) in [6.07, 6.45) is 0.599. The van der Waals surface area contributed by atoms with Gasteiger partial charge in [0.2, 0.25) is 11.8 Å². The molecule has 1 N–H and O–H groups in total. The van der Waals surface area contributed by atoms with Crippen molar-refractivity contribution in [2.45, 2.75) is 40.5 Å². The van der Waals surface area contributed by atoms with E-state index >= 15 is 0 Å². The molecule has 8 heteroatoms. The van der Waals surface area contributed by atoms with Crippen LogP contribution in [0.15, 0.2) is 28.7 Å². The van der Waals surface area contributed by atoms with Crippen LogP contribution in [0, 0.1) is 13.8 Å². The number of nitrogens with one attached hydrogen (secondary N) is 1. The Morgan fingerprint density at radius 2 is 1.53 bits per heavy atom. The Balaban J connectivity index is 2.02. The molecule has 0 aliphatic carbocycles. The molecular formula is C22H27NO7. The molecule has 2 rings (SSSR count). The zero-order valence-electron chi connectivity index (χ0n) is 17.7. The van der Waals surface area contributed by atoms with Crippen LogP contribution >= 0.6 is 0 Å². The van der Waals surface area contributed by atoms with Crippen LogP contribution in [0.3, 0.4) is 0 Å². The number of carbonyl (C=O) groups is 3. The van der Waals surface area contributed by atoms with Crippen molar-refractivity contribution in [3.63, 3.8) is 0 Å². The van der Waals surface area contributed by atoms with Gasteiger partial charge in [-0.2, -0.15) is 0 Å². The molecule has 0 bridgehead atoms. The molecule has 30 heavy (non-hydrogen) atoms. The average molecular weight is 417 g/mol. The summed E-state index contributed by atoms with van der Waals surface area (Å²) in [5.74, 6) is -1.10. The number of aryl methyl sites for hydroxylation is 2. The van der Waals surface area contributed by atoms with Gasteiger partial charge in [0.05, 0.1) is 19.8 Å². The SMILES string of the molecule is CCOC(=O)c1c(C)oc(NC(=O)CCCOc2ccc(C)cc2)c1C(=O)OCC. The quantitative estimate of drug-likeness (QED) is 0.459. The predicted octanol–water partition coefficient (Wildman–Crippen LogP) is 4.05. The highest BCUT2D eigenvalue weighted by Crippen LogP contribution is 2.29. The van der Waals surface area contributed by atoms with Crippen LogP contribution in [0.4, 0.5) is 5.88 Å². The molecule has 162 valence electrons. The predicted molar refractivity (Wildman–Crippen MR) is 110 cm³/mol. The maximum absolute atomic E-state index is 12.4. The second-order valence-electron chi connectivity index (χ2n) is 6.49. The Bertz CT molecular complexity index is 884. The van der Waals surface area contributed by atoms with Gasteiger partial charge in [0.15, 0.2) is 0 Å². The maximum Gasteiger partial charge on any atom is 0.344 e. The smallest absolute Gasteiger partial charge is 0.344 e. The van der Waals surface area contributed by atoms with Crippen LogP contribution in [-0.2, 0) is 14.3 Å². The summed E-state index contributed by atoms with van der Waals surface area (Å²) in [5, 5.41) is 2.54. The van der Waals surface area contributed by atoms with Crippen molar-refractivity contribution in [1.29, 1.82) is 0 Å². The van der Waals surface area contributed by atoms with E-state index in [2.05, 4.69) is 5.32 Å². The number of rotatable bonds is 10. The molecule has 0 aliphatic rings. The molecule has 0 spiro atoms. The summed E-state index contributed by atoms with van der Waals surface area (Å²) in [6, 6.07) is 7.62. The Morgan fingerprint density at radius 1 is 0.933 bits per heavy atom. The lowest BCUT2D eigenvalue weighted by molar-refractivity contribution is -0.116. The van der Waals surface area contributed by atoms with Crippen molar-refractivity contribution in [1.82, 2.24) is 0 Å². The standard InChI is InChI=1S/C22H27NO7/c1-5-27-21(25)18-15(4)30-20(19(18)22(26)28-6-2)23-17(24)8-7-13-29-16-11-9-14(3)10-12-16/h9-12H,5-8,13H2,1-4H3,(H,23,24). The Labute approximate surface area is 175 Å². The van der Waals surface area contributed by atoms with Gasteiger partial charge in [0, 0.05) is 6.42 Å². The number of hydrogen-bond acceptors (Lipinski definition) is 7. The first-order valence-corrected chi connectivity index (χ1v) is 9.84. The van der Waals surface area contributed by atoms with E-state index in [9.17, 15) is 14.4 Å². The molecule has 2 aromatic rings. The van der Waals surface area contributed by atoms with E-state index in [4.69, 9.17) is 18.6 Å². The Hall–Kier alpha value is -3.29. The summed E-state index contributed by atoms with van der Waals surface area (Å²) in [7, 11) is 0. The minimum atomic E-state index is -0.768. The van der Waals surface area contributed by atoms with Gasteiger partial charge in [0.1, 0.15) is 22.6 Å². The summed E-state index contributed by atoms with van der Waals surface area (Å²) in [6.45, 7) is 7.39. The third kappa shape index (κ3) is 6.10. The van der Waals surface area contributed by atoms with E-state index < -0.39 is 11.9 Å². The summed E-state index contributed by atoms with van der Waals surface area (Å²) < 4.78 is 21.1. The van der Waals surface area contributed by atoms with Gasteiger partial charge in [0.25, 0.3) is 0 Å². The highest BCUT2D eigenvalue weighted by atomic mass is 16.5. The second-order valence-corrected chi connectivity index (χ2v) is 6.49. The first-order chi connectivity index (χ1) is 14.4. The fourth-order valence-electron chi connectivity index (χ4n) is 2.73. The molecule has 1 amide bonds. The van der Waals surface area contributed by atoms with Crippen molar-refractivity contribution in [3.05, 3.63) is 46.7 Å². The number of amides is 1. The van der Waals surface area contributed by atoms with E-state index in [1.165, 1.54) is 6.92 Å². The van der Waals surface area contributed by atoms with Crippen molar-refractivity contribution >= 4 is 23.7 Å². The summed E-state index contributed by atoms with van der Waals surface area (Å²) >= 11 is 0. The molecule has 0 unspecified atom stereocenters. The van der Waals surface area contributed by atoms with E-state index in [-0.39, 0.29) is 48.3 Å². The molecule has 8 nitrogen and oxygen atoms in total. The van der Waals surface area contributed by atoms with E-state index in [0.717, 1.165) is 11.3 Å². The number of hydrogen-bond donors (Lipinski definition) is 1. The van der Waals surface area contributed by atoms with Gasteiger partial charge in [-0.05, 0) is 46.2 Å². The molecular weight excluding hydrogens is 390 g/mol. The number of ether oxygens (including phenoxy) is 3. The van der Waals surface area contributed by atoms with E-state index in [1.807, 2.05) is 31.2 Å². The molecule has 0 fully saturated rings. The molecule has 1 aromatic carbocycles. The first kappa shape index (κ1) is 23.0. The zero-order chi connectivity index (χ0) is 22.1. The van der Waals surface area contributed by atoms with Crippen LogP contribution in [0.1, 0.15) is 58.7 Å². The number of furan rings is 1. The van der Waals surface area contributed by atoms with Gasteiger partial charge in [-0.15, -0.1) is 0 Å². The number of anilines is 1. The first-order valence-electron chi connectivity index (χ1n) is 9.84. The fourth-order valence-corrected chi connectivity index (χ4v) is 2.73. The van der Waals surface area contributed by atoms with Crippen molar-refractivity contribution in [2.24, 2.45) is 0 Å². The van der Waals surface area contributed by atoms with Gasteiger partial charge in [-0.1, -0.05) is 17.7 Å². The van der Waals surface area contributed by atoms with Gasteiger partial charge >= 0.3 is 11.9 Å². The normalized spacial score (nSPS) is 10.4. The summed E-state index contributed by atoms with van der Waals surface area (Å²) in [4.78, 5) is 36.9. The lowest BCUT2D eigenvalue weighted by atomic mass is 10.1. The molecule has 0 aliphatic heterocycles. The van der Waals surface area contributed by atoms with Gasteiger partial charge in [-0.25, -0.2) is 9.59 Å². The fraction of sp³-hybridized carbons (Fsp3) is 0.409. The lowest BCUT2D eigenvalue weighted by Gasteiger charge is -2.08.